The summed E-state index contributed by atoms with van der Waals surface area (Å²) in [4.78, 5) is 10.5. The first-order valence-electron chi connectivity index (χ1n) is 3.20. The predicted molar refractivity (Wildman–Crippen MR) is 32.2 cm³/mol. The fraction of sp³-hybridized carbons (Fsp3) is 0.833. The average Bonchev–Trinajstić information content (AvgIpc) is 1.85. The molecule has 1 heterocycles. The molecule has 1 fully saturated rings. The molecule has 4 nitrogen and oxygen atoms in total. The second kappa shape index (κ2) is 2.98. The molecule has 1 unspecified atom stereocenters. The highest BCUT2D eigenvalue weighted by Gasteiger charge is 2.26. The van der Waals surface area contributed by atoms with Crippen LogP contribution in [0.2, 0.25) is 0 Å². The standard InChI is InChI=1S/C6H10O4/c7-3-5-1-4(8)2-6(9)10-5/h4-5,7-8H,1-3H2/t4?,5-/m0/s1. The zero-order valence-electron chi connectivity index (χ0n) is 5.49. The van der Waals surface area contributed by atoms with E-state index in [1.54, 1.807) is 0 Å². The van der Waals surface area contributed by atoms with E-state index in [2.05, 4.69) is 4.74 Å². The smallest absolute Gasteiger partial charge is 0.308 e. The van der Waals surface area contributed by atoms with Crippen molar-refractivity contribution in [2.45, 2.75) is 25.0 Å². The molecule has 58 valence electrons. The summed E-state index contributed by atoms with van der Waals surface area (Å²) in [6.07, 6.45) is -0.742. The molecule has 4 heteroatoms. The van der Waals surface area contributed by atoms with Crippen LogP contribution in [0, 0.1) is 0 Å². The minimum atomic E-state index is -0.640. The number of aliphatic hydroxyl groups is 2. The zero-order valence-corrected chi connectivity index (χ0v) is 5.49. The van der Waals surface area contributed by atoms with Crippen LogP contribution in [-0.2, 0) is 9.53 Å². The van der Waals surface area contributed by atoms with Crippen molar-refractivity contribution in [2.24, 2.45) is 0 Å². The Morgan fingerprint density at radius 1 is 1.70 bits per heavy atom. The SMILES string of the molecule is O=C1CC(O)C[C@@H](CO)O1. The van der Waals surface area contributed by atoms with Gasteiger partial charge in [-0.2, -0.15) is 0 Å². The summed E-state index contributed by atoms with van der Waals surface area (Å²) < 4.78 is 4.66. The fourth-order valence-electron chi connectivity index (χ4n) is 0.973. The van der Waals surface area contributed by atoms with Crippen molar-refractivity contribution in [2.75, 3.05) is 6.61 Å². The second-order valence-electron chi connectivity index (χ2n) is 2.39. The van der Waals surface area contributed by atoms with E-state index in [1.165, 1.54) is 0 Å². The summed E-state index contributed by atoms with van der Waals surface area (Å²) in [5.74, 6) is -0.433. The quantitative estimate of drug-likeness (QED) is 0.468. The van der Waals surface area contributed by atoms with Gasteiger partial charge >= 0.3 is 5.97 Å². The van der Waals surface area contributed by atoms with E-state index in [0.29, 0.717) is 6.42 Å². The first kappa shape index (κ1) is 7.50. The lowest BCUT2D eigenvalue weighted by molar-refractivity contribution is -0.162. The molecule has 10 heavy (non-hydrogen) atoms. The summed E-state index contributed by atoms with van der Waals surface area (Å²) in [6, 6.07) is 0. The fourth-order valence-corrected chi connectivity index (χ4v) is 0.973. The highest BCUT2D eigenvalue weighted by Crippen LogP contribution is 2.13. The molecule has 0 amide bonds. The first-order valence-corrected chi connectivity index (χ1v) is 3.20. The van der Waals surface area contributed by atoms with Crippen molar-refractivity contribution in [1.82, 2.24) is 0 Å². The molecule has 0 aromatic heterocycles. The van der Waals surface area contributed by atoms with E-state index in [0.717, 1.165) is 0 Å². The van der Waals surface area contributed by atoms with Crippen LogP contribution in [0.25, 0.3) is 0 Å². The monoisotopic (exact) mass is 146 g/mol. The molecule has 2 N–H and O–H groups in total. The van der Waals surface area contributed by atoms with E-state index in [4.69, 9.17) is 10.2 Å². The van der Waals surface area contributed by atoms with Crippen LogP contribution in [0.3, 0.4) is 0 Å². The number of cyclic esters (lactones) is 1. The number of hydrogen-bond acceptors (Lipinski definition) is 4. The molecular weight excluding hydrogens is 136 g/mol. The van der Waals surface area contributed by atoms with Crippen molar-refractivity contribution in [1.29, 1.82) is 0 Å². The van der Waals surface area contributed by atoms with Crippen LogP contribution in [0.1, 0.15) is 12.8 Å². The summed E-state index contributed by atoms with van der Waals surface area (Å²) >= 11 is 0. The van der Waals surface area contributed by atoms with E-state index in [9.17, 15) is 4.79 Å². The van der Waals surface area contributed by atoms with Crippen LogP contribution in [-0.4, -0.2) is 35.0 Å². The van der Waals surface area contributed by atoms with E-state index < -0.39 is 18.2 Å². The number of rotatable bonds is 1. The number of carbonyl (C=O) groups excluding carboxylic acids is 1. The van der Waals surface area contributed by atoms with Gasteiger partial charge in [0.2, 0.25) is 0 Å². The number of aliphatic hydroxyl groups excluding tert-OH is 2. The van der Waals surface area contributed by atoms with Gasteiger partial charge in [-0.3, -0.25) is 4.79 Å². The Balaban J connectivity index is 2.42. The molecule has 0 spiro atoms. The van der Waals surface area contributed by atoms with Crippen molar-refractivity contribution < 1.29 is 19.7 Å². The van der Waals surface area contributed by atoms with Gasteiger partial charge in [0.1, 0.15) is 6.10 Å². The van der Waals surface area contributed by atoms with Gasteiger partial charge in [-0.15, -0.1) is 0 Å². The zero-order chi connectivity index (χ0) is 7.56. The van der Waals surface area contributed by atoms with Crippen molar-refractivity contribution in [3.05, 3.63) is 0 Å². The number of ether oxygens (including phenoxy) is 1. The molecule has 0 aliphatic carbocycles. The van der Waals surface area contributed by atoms with E-state index in [-0.39, 0.29) is 13.0 Å². The Hall–Kier alpha value is -0.610. The Labute approximate surface area is 58.4 Å². The maximum atomic E-state index is 10.5. The van der Waals surface area contributed by atoms with Gasteiger partial charge in [-0.1, -0.05) is 0 Å². The maximum Gasteiger partial charge on any atom is 0.308 e. The van der Waals surface area contributed by atoms with Crippen molar-refractivity contribution in [3.63, 3.8) is 0 Å². The summed E-state index contributed by atoms with van der Waals surface area (Å²) in [5.41, 5.74) is 0. The van der Waals surface area contributed by atoms with Gasteiger partial charge < -0.3 is 14.9 Å². The van der Waals surface area contributed by atoms with Crippen molar-refractivity contribution in [3.8, 4) is 0 Å². The third-order valence-corrected chi connectivity index (χ3v) is 1.44. The predicted octanol–water partition coefficient (Wildman–Crippen LogP) is -0.955. The summed E-state index contributed by atoms with van der Waals surface area (Å²) in [6.45, 7) is -0.206. The molecule has 1 rings (SSSR count). The average molecular weight is 146 g/mol. The lowest BCUT2D eigenvalue weighted by Crippen LogP contribution is -2.34. The molecule has 0 radical (unpaired) electrons. The van der Waals surface area contributed by atoms with Gasteiger partial charge in [0.25, 0.3) is 0 Å². The lowest BCUT2D eigenvalue weighted by atomic mass is 10.1. The highest BCUT2D eigenvalue weighted by molar-refractivity contribution is 5.70. The minimum Gasteiger partial charge on any atom is -0.460 e. The highest BCUT2D eigenvalue weighted by atomic mass is 16.6. The molecule has 0 aromatic carbocycles. The second-order valence-corrected chi connectivity index (χ2v) is 2.39. The number of esters is 1. The van der Waals surface area contributed by atoms with Crippen molar-refractivity contribution >= 4 is 5.97 Å². The van der Waals surface area contributed by atoms with Crippen LogP contribution >= 0.6 is 0 Å². The largest absolute Gasteiger partial charge is 0.460 e. The summed E-state index contributed by atoms with van der Waals surface area (Å²) in [7, 11) is 0. The Morgan fingerprint density at radius 3 is 2.90 bits per heavy atom. The van der Waals surface area contributed by atoms with Gasteiger partial charge in [-0.05, 0) is 0 Å². The summed E-state index contributed by atoms with van der Waals surface area (Å²) in [5, 5.41) is 17.5. The molecule has 1 aliphatic rings. The molecule has 0 bridgehead atoms. The van der Waals surface area contributed by atoms with Crippen LogP contribution in [0.15, 0.2) is 0 Å². The maximum absolute atomic E-state index is 10.5. The van der Waals surface area contributed by atoms with Gasteiger partial charge in [0.05, 0.1) is 19.1 Å². The van der Waals surface area contributed by atoms with Gasteiger partial charge in [0.15, 0.2) is 0 Å². The molecule has 0 aromatic rings. The van der Waals surface area contributed by atoms with E-state index >= 15 is 0 Å². The van der Waals surface area contributed by atoms with Crippen LogP contribution < -0.4 is 0 Å². The third-order valence-electron chi connectivity index (χ3n) is 1.44. The number of carbonyl (C=O) groups is 1. The van der Waals surface area contributed by atoms with Crippen LogP contribution in [0.5, 0.6) is 0 Å². The molecule has 2 atom stereocenters. The Morgan fingerprint density at radius 2 is 2.40 bits per heavy atom. The lowest BCUT2D eigenvalue weighted by Gasteiger charge is -2.23. The molecule has 1 saturated heterocycles. The molecule has 1 aliphatic heterocycles. The first-order chi connectivity index (χ1) is 4.72. The topological polar surface area (TPSA) is 66.8 Å². The Kier molecular flexibility index (Phi) is 2.24. The Bertz CT molecular complexity index is 134. The molecular formula is C6H10O4. The minimum absolute atomic E-state index is 0.0521. The van der Waals surface area contributed by atoms with Gasteiger partial charge in [0, 0.05) is 6.42 Å². The van der Waals surface area contributed by atoms with Gasteiger partial charge in [-0.25, -0.2) is 0 Å². The van der Waals surface area contributed by atoms with E-state index in [1.807, 2.05) is 0 Å². The molecule has 0 saturated carbocycles. The number of hydrogen-bond donors (Lipinski definition) is 2. The normalized spacial score (nSPS) is 33.6. The van der Waals surface area contributed by atoms with Crippen LogP contribution in [0.4, 0.5) is 0 Å². The third kappa shape index (κ3) is 1.68.